The van der Waals surface area contributed by atoms with Crippen LogP contribution in [0.3, 0.4) is 0 Å². The molecule has 0 saturated carbocycles. The summed E-state index contributed by atoms with van der Waals surface area (Å²) in [6.07, 6.45) is 0.297. The molecule has 3 aromatic rings. The van der Waals surface area contributed by atoms with E-state index < -0.39 is 21.9 Å². The maximum atomic E-state index is 13.1. The number of nitrogens with one attached hydrogen (secondary N) is 2. The second kappa shape index (κ2) is 11.1. The van der Waals surface area contributed by atoms with Crippen molar-refractivity contribution in [3.8, 4) is 16.9 Å². The maximum absolute atomic E-state index is 13.1. The number of ether oxygens (including phenoxy) is 1. The minimum atomic E-state index is -3.83. The zero-order chi connectivity index (χ0) is 23.8. The summed E-state index contributed by atoms with van der Waals surface area (Å²) in [5.41, 5.74) is 2.08. The standard InChI is InChI=1S/C25H27FN2O4S/c1-18(2)15-16-27-25(29)32-24-10-6-5-9-23(24)22-8-4-3-7-19(22)17-28-33(30,31)21-13-11-20(26)12-14-21/h3-14,18,28H,15-17H2,1-2H3,(H,27,29). The number of sulfonamides is 1. The van der Waals surface area contributed by atoms with Gasteiger partial charge in [-0.3, -0.25) is 0 Å². The highest BCUT2D eigenvalue weighted by atomic mass is 32.2. The third kappa shape index (κ3) is 6.87. The molecule has 0 radical (unpaired) electrons. The van der Waals surface area contributed by atoms with E-state index in [-0.39, 0.29) is 11.4 Å². The molecule has 3 aromatic carbocycles. The molecule has 0 heterocycles. The highest BCUT2D eigenvalue weighted by molar-refractivity contribution is 7.89. The summed E-state index contributed by atoms with van der Waals surface area (Å²) in [6, 6.07) is 19.0. The fourth-order valence-corrected chi connectivity index (χ4v) is 4.19. The summed E-state index contributed by atoms with van der Waals surface area (Å²) in [6.45, 7) is 4.67. The lowest BCUT2D eigenvalue weighted by atomic mass is 9.99. The van der Waals surface area contributed by atoms with Gasteiger partial charge in [-0.25, -0.2) is 22.3 Å². The molecule has 0 fully saturated rings. The van der Waals surface area contributed by atoms with Gasteiger partial charge in [-0.05, 0) is 53.8 Å². The number of halogens is 1. The Balaban J connectivity index is 1.79. The first-order chi connectivity index (χ1) is 15.8. The summed E-state index contributed by atoms with van der Waals surface area (Å²) >= 11 is 0. The van der Waals surface area contributed by atoms with Crippen LogP contribution in [0.15, 0.2) is 77.7 Å². The van der Waals surface area contributed by atoms with Crippen molar-refractivity contribution < 1.29 is 22.3 Å². The van der Waals surface area contributed by atoms with Crippen LogP contribution in [-0.4, -0.2) is 21.1 Å². The normalized spacial score (nSPS) is 11.4. The van der Waals surface area contributed by atoms with E-state index in [0.29, 0.717) is 29.3 Å². The van der Waals surface area contributed by atoms with Gasteiger partial charge in [-0.2, -0.15) is 0 Å². The molecule has 33 heavy (non-hydrogen) atoms. The average Bonchev–Trinajstić information content (AvgIpc) is 2.78. The van der Waals surface area contributed by atoms with Crippen molar-refractivity contribution in [2.45, 2.75) is 31.7 Å². The number of rotatable bonds is 9. The number of hydrogen-bond donors (Lipinski definition) is 2. The smallest absolute Gasteiger partial charge is 0.410 e. The molecule has 174 valence electrons. The summed E-state index contributed by atoms with van der Waals surface area (Å²) in [7, 11) is -3.83. The van der Waals surface area contributed by atoms with Crippen LogP contribution in [0.25, 0.3) is 11.1 Å². The van der Waals surface area contributed by atoms with Crippen LogP contribution >= 0.6 is 0 Å². The van der Waals surface area contributed by atoms with Gasteiger partial charge in [-0.15, -0.1) is 0 Å². The maximum Gasteiger partial charge on any atom is 0.412 e. The van der Waals surface area contributed by atoms with Crippen molar-refractivity contribution in [3.05, 3.63) is 84.2 Å². The largest absolute Gasteiger partial charge is 0.412 e. The summed E-state index contributed by atoms with van der Waals surface area (Å²) < 4.78 is 46.5. The average molecular weight is 471 g/mol. The molecule has 1 amide bonds. The van der Waals surface area contributed by atoms with Crippen LogP contribution in [0.2, 0.25) is 0 Å². The Morgan fingerprint density at radius 2 is 1.58 bits per heavy atom. The van der Waals surface area contributed by atoms with E-state index in [1.165, 1.54) is 12.1 Å². The third-order valence-electron chi connectivity index (χ3n) is 4.96. The van der Waals surface area contributed by atoms with E-state index in [4.69, 9.17) is 4.74 Å². The number of carbonyl (C=O) groups is 1. The van der Waals surface area contributed by atoms with E-state index in [1.54, 1.807) is 24.3 Å². The first kappa shape index (κ1) is 24.4. The molecule has 0 aliphatic carbocycles. The lowest BCUT2D eigenvalue weighted by Gasteiger charge is -2.15. The molecular weight excluding hydrogens is 443 g/mol. The van der Waals surface area contributed by atoms with E-state index in [2.05, 4.69) is 23.9 Å². The fraction of sp³-hybridized carbons (Fsp3) is 0.240. The molecule has 2 N–H and O–H groups in total. The zero-order valence-electron chi connectivity index (χ0n) is 18.5. The lowest BCUT2D eigenvalue weighted by Crippen LogP contribution is -2.28. The molecule has 0 bridgehead atoms. The Morgan fingerprint density at radius 3 is 2.27 bits per heavy atom. The molecule has 0 saturated heterocycles. The Kier molecular flexibility index (Phi) is 8.19. The fourth-order valence-electron chi connectivity index (χ4n) is 3.18. The zero-order valence-corrected chi connectivity index (χ0v) is 19.4. The Morgan fingerprint density at radius 1 is 0.939 bits per heavy atom. The molecule has 3 rings (SSSR count). The van der Waals surface area contributed by atoms with Gasteiger partial charge in [0.1, 0.15) is 11.6 Å². The van der Waals surface area contributed by atoms with Crippen molar-refractivity contribution in [3.63, 3.8) is 0 Å². The number of para-hydroxylation sites is 1. The molecule has 0 unspecified atom stereocenters. The predicted molar refractivity (Wildman–Crippen MR) is 126 cm³/mol. The van der Waals surface area contributed by atoms with Crippen molar-refractivity contribution in [2.24, 2.45) is 5.92 Å². The molecule has 6 nitrogen and oxygen atoms in total. The topological polar surface area (TPSA) is 84.5 Å². The summed E-state index contributed by atoms with van der Waals surface area (Å²) in [5.74, 6) is 0.320. The first-order valence-corrected chi connectivity index (χ1v) is 12.1. The molecule has 0 atom stereocenters. The van der Waals surface area contributed by atoms with E-state index in [1.807, 2.05) is 24.3 Å². The Labute approximate surface area is 193 Å². The van der Waals surface area contributed by atoms with Gasteiger partial charge in [0, 0.05) is 18.7 Å². The van der Waals surface area contributed by atoms with Gasteiger partial charge < -0.3 is 10.1 Å². The van der Waals surface area contributed by atoms with Gasteiger partial charge >= 0.3 is 6.09 Å². The van der Waals surface area contributed by atoms with Crippen molar-refractivity contribution >= 4 is 16.1 Å². The van der Waals surface area contributed by atoms with Crippen LogP contribution in [-0.2, 0) is 16.6 Å². The van der Waals surface area contributed by atoms with Gasteiger partial charge in [-0.1, -0.05) is 56.3 Å². The highest BCUT2D eigenvalue weighted by Gasteiger charge is 2.17. The molecule has 0 aliphatic heterocycles. The molecule has 0 aliphatic rings. The third-order valence-corrected chi connectivity index (χ3v) is 6.38. The van der Waals surface area contributed by atoms with Crippen LogP contribution in [0.1, 0.15) is 25.8 Å². The quantitative estimate of drug-likeness (QED) is 0.455. The Bertz CT molecular complexity index is 1200. The minimum absolute atomic E-state index is 0.00476. The molecule has 8 heteroatoms. The number of hydrogen-bond acceptors (Lipinski definition) is 4. The Hall–Kier alpha value is -3.23. The van der Waals surface area contributed by atoms with Gasteiger partial charge in [0.15, 0.2) is 0 Å². The molecular formula is C25H27FN2O4S. The van der Waals surface area contributed by atoms with Gasteiger partial charge in [0.25, 0.3) is 0 Å². The number of amides is 1. The number of benzene rings is 3. The second-order valence-electron chi connectivity index (χ2n) is 7.93. The van der Waals surface area contributed by atoms with Crippen molar-refractivity contribution in [1.29, 1.82) is 0 Å². The molecule has 0 spiro atoms. The van der Waals surface area contributed by atoms with Crippen LogP contribution in [0, 0.1) is 11.7 Å². The minimum Gasteiger partial charge on any atom is -0.410 e. The summed E-state index contributed by atoms with van der Waals surface area (Å²) in [4.78, 5) is 12.2. The highest BCUT2D eigenvalue weighted by Crippen LogP contribution is 2.32. The van der Waals surface area contributed by atoms with Gasteiger partial charge in [0.2, 0.25) is 10.0 Å². The van der Waals surface area contributed by atoms with E-state index in [0.717, 1.165) is 24.1 Å². The number of carbonyl (C=O) groups excluding carboxylic acids is 1. The van der Waals surface area contributed by atoms with E-state index in [9.17, 15) is 17.6 Å². The van der Waals surface area contributed by atoms with E-state index >= 15 is 0 Å². The van der Waals surface area contributed by atoms with Gasteiger partial charge in [0.05, 0.1) is 4.90 Å². The first-order valence-electron chi connectivity index (χ1n) is 10.6. The lowest BCUT2D eigenvalue weighted by molar-refractivity contribution is 0.200. The van der Waals surface area contributed by atoms with Crippen LogP contribution < -0.4 is 14.8 Å². The summed E-state index contributed by atoms with van der Waals surface area (Å²) in [5, 5.41) is 2.74. The SMILES string of the molecule is CC(C)CCNC(=O)Oc1ccccc1-c1ccccc1CNS(=O)(=O)c1ccc(F)cc1. The van der Waals surface area contributed by atoms with Crippen molar-refractivity contribution in [1.82, 2.24) is 10.0 Å². The predicted octanol–water partition coefficient (Wildman–Crippen LogP) is 5.11. The second-order valence-corrected chi connectivity index (χ2v) is 9.70. The van der Waals surface area contributed by atoms with Crippen LogP contribution in [0.5, 0.6) is 5.75 Å². The van der Waals surface area contributed by atoms with Crippen LogP contribution in [0.4, 0.5) is 9.18 Å². The monoisotopic (exact) mass is 470 g/mol. The van der Waals surface area contributed by atoms with Crippen molar-refractivity contribution in [2.75, 3.05) is 6.54 Å². The molecule has 0 aromatic heterocycles.